The molecule has 1 aromatic rings. The van der Waals surface area contributed by atoms with Crippen LogP contribution in [0.25, 0.3) is 0 Å². The van der Waals surface area contributed by atoms with Crippen molar-refractivity contribution >= 4 is 21.4 Å². The Labute approximate surface area is 128 Å². The van der Waals surface area contributed by atoms with Crippen LogP contribution in [0.15, 0.2) is 23.1 Å². The number of hydrogen-bond donors (Lipinski definition) is 2. The van der Waals surface area contributed by atoms with Crippen molar-refractivity contribution in [3.63, 3.8) is 0 Å². The predicted molar refractivity (Wildman–Crippen MR) is 88.0 cm³/mol. The van der Waals surface area contributed by atoms with Crippen LogP contribution < -0.4 is 11.1 Å². The van der Waals surface area contributed by atoms with Gasteiger partial charge < -0.3 is 16.0 Å². The summed E-state index contributed by atoms with van der Waals surface area (Å²) in [5.74, 6) is 0. The number of nitrogens with zero attached hydrogens (tertiary/aromatic N) is 2. The summed E-state index contributed by atoms with van der Waals surface area (Å²) in [6.07, 6.45) is 0. The lowest BCUT2D eigenvalue weighted by atomic mass is 10.2. The zero-order chi connectivity index (χ0) is 16.2. The Balaban J connectivity index is 2.84. The van der Waals surface area contributed by atoms with Gasteiger partial charge in [-0.25, -0.2) is 12.7 Å². The van der Waals surface area contributed by atoms with Crippen molar-refractivity contribution in [3.05, 3.63) is 18.2 Å². The number of nitrogen functional groups attached to an aromatic ring is 1. The first-order valence-electron chi connectivity index (χ1n) is 6.92. The van der Waals surface area contributed by atoms with Gasteiger partial charge in [-0.05, 0) is 39.1 Å². The van der Waals surface area contributed by atoms with Gasteiger partial charge in [0.15, 0.2) is 0 Å². The van der Waals surface area contributed by atoms with Crippen LogP contribution in [0.2, 0.25) is 0 Å². The molecule has 0 amide bonds. The van der Waals surface area contributed by atoms with E-state index >= 15 is 0 Å². The summed E-state index contributed by atoms with van der Waals surface area (Å²) in [6, 6.07) is 5.19. The first-order chi connectivity index (χ1) is 9.66. The van der Waals surface area contributed by atoms with Crippen LogP contribution >= 0.6 is 0 Å². The van der Waals surface area contributed by atoms with Gasteiger partial charge >= 0.3 is 0 Å². The molecule has 0 fully saturated rings. The van der Waals surface area contributed by atoms with Gasteiger partial charge in [0.25, 0.3) is 0 Å². The van der Waals surface area contributed by atoms with Gasteiger partial charge in [-0.2, -0.15) is 0 Å². The average molecular weight is 314 g/mol. The zero-order valence-corrected chi connectivity index (χ0v) is 14.2. The average Bonchev–Trinajstić information content (AvgIpc) is 2.40. The maximum absolute atomic E-state index is 12.1. The summed E-state index contributed by atoms with van der Waals surface area (Å²) in [4.78, 5) is 2.44. The van der Waals surface area contributed by atoms with E-state index in [-0.39, 0.29) is 4.90 Å². The molecular formula is C14H26N4O2S. The molecule has 0 aliphatic heterocycles. The molecule has 0 atom stereocenters. The molecule has 0 saturated carbocycles. The number of nitrogens with one attached hydrogen (secondary N) is 1. The summed E-state index contributed by atoms with van der Waals surface area (Å²) in [5.41, 5.74) is 7.09. The molecule has 21 heavy (non-hydrogen) atoms. The third-order valence-electron chi connectivity index (χ3n) is 3.46. The first-order valence-corrected chi connectivity index (χ1v) is 8.36. The van der Waals surface area contributed by atoms with Gasteiger partial charge in [0.1, 0.15) is 0 Å². The molecule has 0 aliphatic carbocycles. The van der Waals surface area contributed by atoms with E-state index in [9.17, 15) is 8.42 Å². The second kappa shape index (κ2) is 7.11. The van der Waals surface area contributed by atoms with Crippen LogP contribution in [-0.4, -0.2) is 57.9 Å². The topological polar surface area (TPSA) is 78.7 Å². The van der Waals surface area contributed by atoms with Crippen molar-refractivity contribution in [2.45, 2.75) is 24.8 Å². The van der Waals surface area contributed by atoms with E-state index in [0.717, 1.165) is 6.54 Å². The van der Waals surface area contributed by atoms with Gasteiger partial charge in [-0.3, -0.25) is 0 Å². The Bertz CT molecular complexity index is 570. The Kier molecular flexibility index (Phi) is 6.00. The number of nitrogens with two attached hydrogens (primary N) is 1. The molecule has 0 aromatic heterocycles. The molecule has 120 valence electrons. The summed E-state index contributed by atoms with van der Waals surface area (Å²) >= 11 is 0. The number of likely N-dealkylation sites (N-methyl/N-ethyl adjacent to an activating group) is 1. The molecule has 0 spiro atoms. The summed E-state index contributed by atoms with van der Waals surface area (Å²) in [7, 11) is 1.62. The standard InChI is InChI=1S/C14H26N4O2S/c1-11(2)18(5)9-8-16-14-10-12(6-7-13(14)15)21(19,20)17(3)4/h6-7,10-11,16H,8-9,15H2,1-5H3. The lowest BCUT2D eigenvalue weighted by molar-refractivity contribution is 0.284. The minimum atomic E-state index is -3.44. The van der Waals surface area contributed by atoms with E-state index in [1.807, 2.05) is 7.05 Å². The molecule has 0 bridgehead atoms. The van der Waals surface area contributed by atoms with Crippen LogP contribution in [0.3, 0.4) is 0 Å². The fraction of sp³-hybridized carbons (Fsp3) is 0.571. The van der Waals surface area contributed by atoms with Gasteiger partial charge in [-0.15, -0.1) is 0 Å². The fourth-order valence-corrected chi connectivity index (χ4v) is 2.61. The van der Waals surface area contributed by atoms with E-state index in [1.165, 1.54) is 24.5 Å². The summed E-state index contributed by atoms with van der Waals surface area (Å²) in [5, 5.41) is 3.20. The number of sulfonamides is 1. The maximum atomic E-state index is 12.1. The SMILES string of the molecule is CC(C)N(C)CCNc1cc(S(=O)(=O)N(C)C)ccc1N. The normalized spacial score (nSPS) is 12.4. The van der Waals surface area contributed by atoms with Crippen molar-refractivity contribution in [2.24, 2.45) is 0 Å². The van der Waals surface area contributed by atoms with Crippen LogP contribution in [0.1, 0.15) is 13.8 Å². The molecule has 1 aromatic carbocycles. The van der Waals surface area contributed by atoms with Gasteiger partial charge in [-0.1, -0.05) is 0 Å². The lowest BCUT2D eigenvalue weighted by Gasteiger charge is -2.21. The number of anilines is 2. The highest BCUT2D eigenvalue weighted by Crippen LogP contribution is 2.24. The van der Waals surface area contributed by atoms with Gasteiger partial charge in [0.2, 0.25) is 10.0 Å². The highest BCUT2D eigenvalue weighted by molar-refractivity contribution is 7.89. The fourth-order valence-electron chi connectivity index (χ4n) is 1.68. The van der Waals surface area contributed by atoms with Crippen molar-refractivity contribution in [2.75, 3.05) is 45.3 Å². The van der Waals surface area contributed by atoms with Crippen molar-refractivity contribution in [1.82, 2.24) is 9.21 Å². The molecular weight excluding hydrogens is 288 g/mol. The highest BCUT2D eigenvalue weighted by Gasteiger charge is 2.18. The molecule has 6 nitrogen and oxygen atoms in total. The number of rotatable bonds is 7. The third-order valence-corrected chi connectivity index (χ3v) is 5.28. The molecule has 0 saturated heterocycles. The van der Waals surface area contributed by atoms with Crippen LogP contribution in [-0.2, 0) is 10.0 Å². The summed E-state index contributed by atoms with van der Waals surface area (Å²) < 4.78 is 25.4. The smallest absolute Gasteiger partial charge is 0.242 e. The van der Waals surface area contributed by atoms with E-state index < -0.39 is 10.0 Å². The van der Waals surface area contributed by atoms with Gasteiger partial charge in [0, 0.05) is 33.2 Å². The quantitative estimate of drug-likeness (QED) is 0.741. The van der Waals surface area contributed by atoms with Crippen LogP contribution in [0, 0.1) is 0 Å². The van der Waals surface area contributed by atoms with Crippen LogP contribution in [0.5, 0.6) is 0 Å². The monoisotopic (exact) mass is 314 g/mol. The van der Waals surface area contributed by atoms with E-state index in [1.54, 1.807) is 12.1 Å². The Morgan fingerprint density at radius 1 is 1.24 bits per heavy atom. The molecule has 3 N–H and O–H groups in total. The number of hydrogen-bond acceptors (Lipinski definition) is 5. The Hall–Kier alpha value is -1.31. The molecule has 0 unspecified atom stereocenters. The molecule has 7 heteroatoms. The summed E-state index contributed by atoms with van der Waals surface area (Å²) in [6.45, 7) is 5.80. The first kappa shape index (κ1) is 17.7. The van der Waals surface area contributed by atoms with Gasteiger partial charge in [0.05, 0.1) is 16.3 Å². The Morgan fingerprint density at radius 3 is 2.38 bits per heavy atom. The maximum Gasteiger partial charge on any atom is 0.242 e. The Morgan fingerprint density at radius 2 is 1.86 bits per heavy atom. The third kappa shape index (κ3) is 4.59. The second-order valence-corrected chi connectivity index (χ2v) is 7.69. The van der Waals surface area contributed by atoms with Crippen molar-refractivity contribution in [3.8, 4) is 0 Å². The largest absolute Gasteiger partial charge is 0.397 e. The van der Waals surface area contributed by atoms with E-state index in [4.69, 9.17) is 5.73 Å². The number of benzene rings is 1. The molecule has 0 radical (unpaired) electrons. The minimum Gasteiger partial charge on any atom is -0.397 e. The van der Waals surface area contributed by atoms with Crippen molar-refractivity contribution in [1.29, 1.82) is 0 Å². The van der Waals surface area contributed by atoms with E-state index in [2.05, 4.69) is 24.1 Å². The van der Waals surface area contributed by atoms with Crippen LogP contribution in [0.4, 0.5) is 11.4 Å². The highest BCUT2D eigenvalue weighted by atomic mass is 32.2. The predicted octanol–water partition coefficient (Wildman–Crippen LogP) is 1.27. The minimum absolute atomic E-state index is 0.237. The van der Waals surface area contributed by atoms with Crippen molar-refractivity contribution < 1.29 is 8.42 Å². The zero-order valence-electron chi connectivity index (χ0n) is 13.4. The lowest BCUT2D eigenvalue weighted by Crippen LogP contribution is -2.31. The second-order valence-electron chi connectivity index (χ2n) is 5.54. The molecule has 0 aliphatic rings. The van der Waals surface area contributed by atoms with E-state index in [0.29, 0.717) is 24.0 Å². The molecule has 1 rings (SSSR count). The molecule has 0 heterocycles.